The van der Waals surface area contributed by atoms with Crippen molar-refractivity contribution in [3.05, 3.63) is 35.9 Å². The van der Waals surface area contributed by atoms with Crippen LogP contribution in [0.25, 0.3) is 0 Å². The molecule has 2 N–H and O–H groups in total. The van der Waals surface area contributed by atoms with Gasteiger partial charge in [0, 0.05) is 19.7 Å². The number of hydrogen-bond donors (Lipinski definition) is 2. The Balaban J connectivity index is 1.84. The van der Waals surface area contributed by atoms with Gasteiger partial charge in [-0.2, -0.15) is 0 Å². The Labute approximate surface area is 200 Å². The number of carboxylic acid groups (broad SMARTS) is 1. The molecule has 0 aliphatic heterocycles. The lowest BCUT2D eigenvalue weighted by atomic mass is 9.83. The Morgan fingerprint density at radius 1 is 1.15 bits per heavy atom. The second-order valence-corrected chi connectivity index (χ2v) is 15.6. The van der Waals surface area contributed by atoms with E-state index in [9.17, 15) is 14.7 Å². The first-order chi connectivity index (χ1) is 15.4. The Bertz CT molecular complexity index is 758. The summed E-state index contributed by atoms with van der Waals surface area (Å²) in [4.78, 5) is 25.2. The van der Waals surface area contributed by atoms with Crippen molar-refractivity contribution >= 4 is 20.5 Å². The van der Waals surface area contributed by atoms with Crippen LogP contribution in [0.3, 0.4) is 0 Å². The summed E-state index contributed by atoms with van der Waals surface area (Å²) in [6, 6.07) is 9.16. The molecule has 1 saturated carbocycles. The van der Waals surface area contributed by atoms with Crippen molar-refractivity contribution < 1.29 is 23.9 Å². The smallest absolute Gasteiger partial charge is 0.409 e. The predicted octanol–water partition coefficient (Wildman–Crippen LogP) is 5.86. The maximum absolute atomic E-state index is 12.4. The maximum Gasteiger partial charge on any atom is 0.409 e. The van der Waals surface area contributed by atoms with Crippen molar-refractivity contribution in [2.75, 3.05) is 13.6 Å². The van der Waals surface area contributed by atoms with Crippen LogP contribution in [-0.4, -0.2) is 56.2 Å². The van der Waals surface area contributed by atoms with Gasteiger partial charge in [-0.15, -0.1) is 0 Å². The van der Waals surface area contributed by atoms with Crippen molar-refractivity contribution in [2.24, 2.45) is 5.92 Å². The van der Waals surface area contributed by atoms with E-state index in [-0.39, 0.29) is 24.2 Å². The molecule has 0 radical (unpaired) electrons. The summed E-state index contributed by atoms with van der Waals surface area (Å²) in [5, 5.41) is 12.1. The fraction of sp³-hybridized carbons (Fsp3) is 0.680. The van der Waals surface area contributed by atoms with Gasteiger partial charge in [0.2, 0.25) is 0 Å². The zero-order valence-electron chi connectivity index (χ0n) is 21.1. The average Bonchev–Trinajstić information content (AvgIpc) is 2.72. The van der Waals surface area contributed by atoms with Gasteiger partial charge in [0.05, 0.1) is 6.04 Å². The topological polar surface area (TPSA) is 88.1 Å². The number of rotatable bonds is 9. The lowest BCUT2D eigenvalue weighted by molar-refractivity contribution is 0.0936. The molecule has 0 aromatic heterocycles. The van der Waals surface area contributed by atoms with Gasteiger partial charge in [0.15, 0.2) is 8.32 Å². The van der Waals surface area contributed by atoms with Crippen molar-refractivity contribution in [1.29, 1.82) is 0 Å². The first kappa shape index (κ1) is 27.2. The minimum Gasteiger partial charge on any atom is -0.465 e. The third-order valence-electron chi connectivity index (χ3n) is 7.02. The molecule has 7 nitrogen and oxygen atoms in total. The molecule has 8 heteroatoms. The van der Waals surface area contributed by atoms with Gasteiger partial charge in [-0.3, -0.25) is 0 Å². The highest BCUT2D eigenvalue weighted by atomic mass is 28.4. The monoisotopic (exact) mass is 478 g/mol. The fourth-order valence-electron chi connectivity index (χ4n) is 4.07. The van der Waals surface area contributed by atoms with E-state index in [1.165, 1.54) is 4.90 Å². The Morgan fingerprint density at radius 3 is 2.30 bits per heavy atom. The predicted molar refractivity (Wildman–Crippen MR) is 133 cm³/mol. The van der Waals surface area contributed by atoms with Crippen LogP contribution in [0.1, 0.15) is 58.4 Å². The largest absolute Gasteiger partial charge is 0.465 e. The standard InChI is InChI=1S/C25H42N2O5Si/c1-25(2,3)33(5,6)32-22-14-12-19(13-15-22)16-21(26-23(28)29)17-27(4)24(30)31-18-20-10-8-7-9-11-20/h7-11,19,21-22,26H,12-18H2,1-6H3,(H,28,29)/t19-,21-,22-/m0/s1. The van der Waals surface area contributed by atoms with Gasteiger partial charge in [0.25, 0.3) is 0 Å². The van der Waals surface area contributed by atoms with Gasteiger partial charge >= 0.3 is 12.2 Å². The van der Waals surface area contributed by atoms with E-state index < -0.39 is 20.5 Å². The van der Waals surface area contributed by atoms with Crippen molar-refractivity contribution in [1.82, 2.24) is 10.2 Å². The Hall–Kier alpha value is -2.06. The van der Waals surface area contributed by atoms with Crippen LogP contribution in [-0.2, 0) is 15.8 Å². The second-order valence-electron chi connectivity index (χ2n) is 10.8. The summed E-state index contributed by atoms with van der Waals surface area (Å²) in [6.45, 7) is 11.8. The fourth-order valence-corrected chi connectivity index (χ4v) is 5.49. The molecule has 2 rings (SSSR count). The first-order valence-electron chi connectivity index (χ1n) is 12.0. The van der Waals surface area contributed by atoms with Gasteiger partial charge in [-0.05, 0) is 61.7 Å². The molecule has 186 valence electrons. The highest BCUT2D eigenvalue weighted by Crippen LogP contribution is 2.40. The molecule has 1 atom stereocenters. The molecule has 0 saturated heterocycles. The molecule has 0 bridgehead atoms. The van der Waals surface area contributed by atoms with Crippen LogP contribution in [0, 0.1) is 5.92 Å². The number of amides is 2. The van der Waals surface area contributed by atoms with E-state index in [1.54, 1.807) is 7.05 Å². The Morgan fingerprint density at radius 2 is 1.76 bits per heavy atom. The van der Waals surface area contributed by atoms with Crippen LogP contribution < -0.4 is 5.32 Å². The molecule has 1 aromatic rings. The maximum atomic E-state index is 12.4. The van der Waals surface area contributed by atoms with Gasteiger partial charge in [0.1, 0.15) is 6.61 Å². The normalized spacial score (nSPS) is 20.1. The minimum absolute atomic E-state index is 0.194. The van der Waals surface area contributed by atoms with Gasteiger partial charge in [-0.25, -0.2) is 9.59 Å². The molecular formula is C25H42N2O5Si. The van der Waals surface area contributed by atoms with Crippen LogP contribution in [0.15, 0.2) is 30.3 Å². The van der Waals surface area contributed by atoms with Gasteiger partial charge in [-0.1, -0.05) is 51.1 Å². The summed E-state index contributed by atoms with van der Waals surface area (Å²) < 4.78 is 12.0. The number of hydrogen-bond acceptors (Lipinski definition) is 4. The van der Waals surface area contributed by atoms with Crippen molar-refractivity contribution in [3.63, 3.8) is 0 Å². The SMILES string of the molecule is CN(C[C@H](C[C@H]1CC[C@H](O[Si](C)(C)C(C)(C)C)CC1)NC(=O)O)C(=O)OCc1ccccc1. The zero-order valence-corrected chi connectivity index (χ0v) is 22.1. The number of likely N-dealkylation sites (N-methyl/N-ethyl adjacent to an activating group) is 1. The highest BCUT2D eigenvalue weighted by molar-refractivity contribution is 6.74. The number of carbonyl (C=O) groups excluding carboxylic acids is 1. The summed E-state index contributed by atoms with van der Waals surface area (Å²) in [6.07, 6.45) is 3.51. The number of ether oxygens (including phenoxy) is 1. The lowest BCUT2D eigenvalue weighted by Crippen LogP contribution is -2.46. The molecule has 2 amide bonds. The van der Waals surface area contributed by atoms with Crippen molar-refractivity contribution in [3.8, 4) is 0 Å². The second kappa shape index (κ2) is 11.9. The van der Waals surface area contributed by atoms with Crippen molar-refractivity contribution in [2.45, 2.75) is 89.8 Å². The highest BCUT2D eigenvalue weighted by Gasteiger charge is 2.40. The molecule has 1 fully saturated rings. The lowest BCUT2D eigenvalue weighted by Gasteiger charge is -2.41. The molecule has 1 aromatic carbocycles. The van der Waals surface area contributed by atoms with Crippen LogP contribution in [0.2, 0.25) is 18.1 Å². The Kier molecular flexibility index (Phi) is 9.79. The van der Waals surface area contributed by atoms with E-state index in [4.69, 9.17) is 9.16 Å². The van der Waals surface area contributed by atoms with E-state index >= 15 is 0 Å². The molecule has 1 aliphatic carbocycles. The average molecular weight is 479 g/mol. The summed E-state index contributed by atoms with van der Waals surface area (Å²) in [5.74, 6) is 0.412. The van der Waals surface area contributed by atoms with E-state index in [0.717, 1.165) is 31.2 Å². The van der Waals surface area contributed by atoms with E-state index in [2.05, 4.69) is 39.2 Å². The molecule has 0 heterocycles. The number of carbonyl (C=O) groups is 2. The zero-order chi connectivity index (χ0) is 24.6. The molecule has 1 aliphatic rings. The number of nitrogens with zero attached hydrogens (tertiary/aromatic N) is 1. The summed E-state index contributed by atoms with van der Waals surface area (Å²) >= 11 is 0. The van der Waals surface area contributed by atoms with Crippen LogP contribution >= 0.6 is 0 Å². The number of nitrogens with one attached hydrogen (secondary N) is 1. The first-order valence-corrected chi connectivity index (χ1v) is 14.9. The van der Waals surface area contributed by atoms with E-state index in [1.807, 2.05) is 30.3 Å². The molecular weight excluding hydrogens is 436 g/mol. The van der Waals surface area contributed by atoms with E-state index in [0.29, 0.717) is 18.4 Å². The summed E-state index contributed by atoms with van der Waals surface area (Å²) in [5.41, 5.74) is 0.913. The molecule has 0 unspecified atom stereocenters. The third kappa shape index (κ3) is 9.01. The van der Waals surface area contributed by atoms with Crippen LogP contribution in [0.5, 0.6) is 0 Å². The number of benzene rings is 1. The minimum atomic E-state index is -1.78. The van der Waals surface area contributed by atoms with Crippen LogP contribution in [0.4, 0.5) is 9.59 Å². The van der Waals surface area contributed by atoms with Gasteiger partial charge < -0.3 is 24.5 Å². The third-order valence-corrected chi connectivity index (χ3v) is 11.6. The summed E-state index contributed by atoms with van der Waals surface area (Å²) in [7, 11) is -0.137. The molecule has 0 spiro atoms. The quantitative estimate of drug-likeness (QED) is 0.434. The molecule has 33 heavy (non-hydrogen) atoms.